The maximum absolute atomic E-state index is 11.9. The van der Waals surface area contributed by atoms with Crippen molar-refractivity contribution in [3.63, 3.8) is 0 Å². The van der Waals surface area contributed by atoms with Crippen LogP contribution in [-0.2, 0) is 4.79 Å². The van der Waals surface area contributed by atoms with Crippen LogP contribution in [0.4, 0.5) is 5.13 Å². The van der Waals surface area contributed by atoms with Gasteiger partial charge in [0, 0.05) is 17.3 Å². The Morgan fingerprint density at radius 2 is 2.14 bits per heavy atom. The molecule has 112 valence electrons. The summed E-state index contributed by atoms with van der Waals surface area (Å²) in [6, 6.07) is 9.83. The number of thiazole rings is 1. The van der Waals surface area contributed by atoms with Gasteiger partial charge in [-0.1, -0.05) is 30.0 Å². The summed E-state index contributed by atoms with van der Waals surface area (Å²) in [5.74, 6) is 0.930. The van der Waals surface area contributed by atoms with Crippen LogP contribution in [0, 0.1) is 6.92 Å². The highest BCUT2D eigenvalue weighted by molar-refractivity contribution is 7.99. The summed E-state index contributed by atoms with van der Waals surface area (Å²) in [5, 5.41) is 14.1. The van der Waals surface area contributed by atoms with Crippen molar-refractivity contribution < 1.29 is 4.79 Å². The molecule has 0 saturated carbocycles. The van der Waals surface area contributed by atoms with Crippen LogP contribution < -0.4 is 5.32 Å². The van der Waals surface area contributed by atoms with Gasteiger partial charge in [0.25, 0.3) is 0 Å². The van der Waals surface area contributed by atoms with Crippen molar-refractivity contribution in [2.75, 3.05) is 11.1 Å². The number of benzene rings is 1. The van der Waals surface area contributed by atoms with Gasteiger partial charge in [-0.25, -0.2) is 4.98 Å². The molecule has 0 aliphatic rings. The molecule has 1 N–H and O–H groups in total. The Balaban J connectivity index is 1.70. The van der Waals surface area contributed by atoms with Gasteiger partial charge in [-0.3, -0.25) is 9.36 Å². The van der Waals surface area contributed by atoms with E-state index in [2.05, 4.69) is 20.5 Å². The highest BCUT2D eigenvalue weighted by atomic mass is 32.2. The SMILES string of the molecule is Cc1nnc(SCC(=O)Nc2nccs2)n1-c1ccccc1. The van der Waals surface area contributed by atoms with Gasteiger partial charge in [0.1, 0.15) is 5.82 Å². The molecule has 0 radical (unpaired) electrons. The third-order valence-electron chi connectivity index (χ3n) is 2.82. The lowest BCUT2D eigenvalue weighted by Crippen LogP contribution is -2.14. The van der Waals surface area contributed by atoms with E-state index in [4.69, 9.17) is 0 Å². The molecule has 0 atom stereocenters. The van der Waals surface area contributed by atoms with Crippen LogP contribution in [-0.4, -0.2) is 31.4 Å². The minimum Gasteiger partial charge on any atom is -0.301 e. The number of para-hydroxylation sites is 1. The summed E-state index contributed by atoms with van der Waals surface area (Å²) in [6.07, 6.45) is 1.66. The molecule has 3 aromatic rings. The summed E-state index contributed by atoms with van der Waals surface area (Å²) < 4.78 is 1.93. The molecule has 22 heavy (non-hydrogen) atoms. The second-order valence-corrected chi connectivity index (χ2v) is 6.21. The zero-order valence-corrected chi connectivity index (χ0v) is 13.4. The van der Waals surface area contributed by atoms with E-state index < -0.39 is 0 Å². The Bertz CT molecular complexity index is 755. The summed E-state index contributed by atoms with van der Waals surface area (Å²) in [6.45, 7) is 1.89. The van der Waals surface area contributed by atoms with Gasteiger partial charge in [0.15, 0.2) is 10.3 Å². The van der Waals surface area contributed by atoms with Crippen molar-refractivity contribution in [3.05, 3.63) is 47.7 Å². The number of nitrogens with zero attached hydrogens (tertiary/aromatic N) is 4. The molecule has 0 unspecified atom stereocenters. The number of thioether (sulfide) groups is 1. The molecule has 0 aliphatic carbocycles. The van der Waals surface area contributed by atoms with Crippen LogP contribution >= 0.6 is 23.1 Å². The summed E-state index contributed by atoms with van der Waals surface area (Å²) in [4.78, 5) is 15.9. The molecule has 1 amide bonds. The average molecular weight is 331 g/mol. The number of aromatic nitrogens is 4. The smallest absolute Gasteiger partial charge is 0.236 e. The molecular weight excluding hydrogens is 318 g/mol. The first-order valence-corrected chi connectivity index (χ1v) is 8.40. The Morgan fingerprint density at radius 1 is 1.32 bits per heavy atom. The Kier molecular flexibility index (Phi) is 4.50. The second kappa shape index (κ2) is 6.71. The van der Waals surface area contributed by atoms with Crippen LogP contribution in [0.25, 0.3) is 5.69 Å². The second-order valence-electron chi connectivity index (χ2n) is 4.37. The lowest BCUT2D eigenvalue weighted by molar-refractivity contribution is -0.113. The minimum atomic E-state index is -0.111. The largest absolute Gasteiger partial charge is 0.301 e. The highest BCUT2D eigenvalue weighted by Crippen LogP contribution is 2.22. The molecular formula is C14H13N5OS2. The van der Waals surface area contributed by atoms with Gasteiger partial charge in [0.2, 0.25) is 5.91 Å². The molecule has 3 rings (SSSR count). The number of hydrogen-bond donors (Lipinski definition) is 1. The molecule has 0 fully saturated rings. The zero-order valence-electron chi connectivity index (χ0n) is 11.8. The normalized spacial score (nSPS) is 10.6. The van der Waals surface area contributed by atoms with Crippen molar-refractivity contribution in [2.45, 2.75) is 12.1 Å². The van der Waals surface area contributed by atoms with E-state index in [1.165, 1.54) is 23.1 Å². The lowest BCUT2D eigenvalue weighted by Gasteiger charge is -2.07. The van der Waals surface area contributed by atoms with Crippen molar-refractivity contribution in [3.8, 4) is 5.69 Å². The summed E-state index contributed by atoms with van der Waals surface area (Å²) in [7, 11) is 0. The summed E-state index contributed by atoms with van der Waals surface area (Å²) in [5.41, 5.74) is 0.979. The third kappa shape index (κ3) is 3.34. The molecule has 8 heteroatoms. The van der Waals surface area contributed by atoms with Gasteiger partial charge in [-0.05, 0) is 19.1 Å². The first-order chi connectivity index (χ1) is 10.7. The highest BCUT2D eigenvalue weighted by Gasteiger charge is 2.13. The Morgan fingerprint density at radius 3 is 2.86 bits per heavy atom. The van der Waals surface area contributed by atoms with E-state index in [1.807, 2.05) is 47.2 Å². The fourth-order valence-corrected chi connectivity index (χ4v) is 3.22. The van der Waals surface area contributed by atoms with E-state index in [9.17, 15) is 4.79 Å². The fraction of sp³-hybridized carbons (Fsp3) is 0.143. The zero-order chi connectivity index (χ0) is 15.4. The van der Waals surface area contributed by atoms with Gasteiger partial charge in [0.05, 0.1) is 5.75 Å². The van der Waals surface area contributed by atoms with E-state index in [-0.39, 0.29) is 11.7 Å². The third-order valence-corrected chi connectivity index (χ3v) is 4.44. The number of nitrogens with one attached hydrogen (secondary N) is 1. The van der Waals surface area contributed by atoms with Crippen molar-refractivity contribution >= 4 is 34.1 Å². The minimum absolute atomic E-state index is 0.111. The van der Waals surface area contributed by atoms with Crippen LogP contribution in [0.3, 0.4) is 0 Å². The van der Waals surface area contributed by atoms with Gasteiger partial charge in [-0.2, -0.15) is 0 Å². The molecule has 1 aromatic carbocycles. The first kappa shape index (κ1) is 14.7. The van der Waals surface area contributed by atoms with Crippen LogP contribution in [0.5, 0.6) is 0 Å². The van der Waals surface area contributed by atoms with Crippen molar-refractivity contribution in [2.24, 2.45) is 0 Å². The topological polar surface area (TPSA) is 72.7 Å². The van der Waals surface area contributed by atoms with Crippen molar-refractivity contribution in [1.29, 1.82) is 0 Å². The predicted molar refractivity (Wildman–Crippen MR) is 87.6 cm³/mol. The van der Waals surface area contributed by atoms with Gasteiger partial charge in [-0.15, -0.1) is 21.5 Å². The first-order valence-electron chi connectivity index (χ1n) is 6.53. The number of rotatable bonds is 5. The predicted octanol–water partition coefficient (Wildman–Crippen LogP) is 2.76. The maximum atomic E-state index is 11.9. The molecule has 6 nitrogen and oxygen atoms in total. The van der Waals surface area contributed by atoms with Crippen LogP contribution in [0.15, 0.2) is 47.1 Å². The average Bonchev–Trinajstić information content (AvgIpc) is 3.16. The van der Waals surface area contributed by atoms with Crippen LogP contribution in [0.1, 0.15) is 5.82 Å². The molecule has 2 heterocycles. The number of anilines is 1. The molecule has 0 saturated heterocycles. The van der Waals surface area contributed by atoms with Crippen LogP contribution in [0.2, 0.25) is 0 Å². The monoisotopic (exact) mass is 331 g/mol. The van der Waals surface area contributed by atoms with E-state index in [1.54, 1.807) is 6.20 Å². The molecule has 0 bridgehead atoms. The number of hydrogen-bond acceptors (Lipinski definition) is 6. The number of aryl methyl sites for hydroxylation is 1. The van der Waals surface area contributed by atoms with Gasteiger partial charge >= 0.3 is 0 Å². The van der Waals surface area contributed by atoms with E-state index >= 15 is 0 Å². The maximum Gasteiger partial charge on any atom is 0.236 e. The Labute approximate surface area is 135 Å². The molecule has 0 spiro atoms. The van der Waals surface area contributed by atoms with Crippen molar-refractivity contribution in [1.82, 2.24) is 19.7 Å². The standard InChI is InChI=1S/C14H13N5OS2/c1-10-17-18-14(19(10)11-5-3-2-4-6-11)22-9-12(20)16-13-15-7-8-21-13/h2-8H,9H2,1H3,(H,15,16,20). The summed E-state index contributed by atoms with van der Waals surface area (Å²) >= 11 is 2.74. The fourth-order valence-electron chi connectivity index (χ4n) is 1.88. The lowest BCUT2D eigenvalue weighted by atomic mass is 10.3. The number of carbonyl (C=O) groups is 1. The van der Waals surface area contributed by atoms with E-state index in [0.717, 1.165) is 11.5 Å². The number of carbonyl (C=O) groups excluding carboxylic acids is 1. The van der Waals surface area contributed by atoms with Gasteiger partial charge < -0.3 is 5.32 Å². The quantitative estimate of drug-likeness (QED) is 0.728. The van der Waals surface area contributed by atoms with E-state index in [0.29, 0.717) is 10.3 Å². The molecule has 2 aromatic heterocycles. The molecule has 0 aliphatic heterocycles. The number of amides is 1. The Hall–Kier alpha value is -2.19.